The predicted molar refractivity (Wildman–Crippen MR) is 53.1 cm³/mol. The van der Waals surface area contributed by atoms with Crippen molar-refractivity contribution in [1.29, 1.82) is 0 Å². The second-order valence-corrected chi connectivity index (χ2v) is 4.29. The SMILES string of the molecule is O=C1CCCC1N1CCn2cnnc2C1. The van der Waals surface area contributed by atoms with Gasteiger partial charge in [-0.05, 0) is 12.8 Å². The van der Waals surface area contributed by atoms with Crippen molar-refractivity contribution < 1.29 is 4.79 Å². The highest BCUT2D eigenvalue weighted by Crippen LogP contribution is 2.23. The molecule has 0 spiro atoms. The summed E-state index contributed by atoms with van der Waals surface area (Å²) in [7, 11) is 0. The average Bonchev–Trinajstić information content (AvgIpc) is 2.84. The zero-order chi connectivity index (χ0) is 10.3. The Morgan fingerprint density at radius 3 is 3.13 bits per heavy atom. The number of nitrogens with zero attached hydrogens (tertiary/aromatic N) is 4. The van der Waals surface area contributed by atoms with Gasteiger partial charge < -0.3 is 4.57 Å². The number of carbonyl (C=O) groups excluding carboxylic acids is 1. The van der Waals surface area contributed by atoms with Crippen molar-refractivity contribution >= 4 is 5.78 Å². The Kier molecular flexibility index (Phi) is 2.05. The highest BCUT2D eigenvalue weighted by molar-refractivity contribution is 5.85. The molecule has 1 aromatic heterocycles. The van der Waals surface area contributed by atoms with Crippen molar-refractivity contribution in [2.24, 2.45) is 0 Å². The lowest BCUT2D eigenvalue weighted by molar-refractivity contribution is -0.122. The third-order valence-electron chi connectivity index (χ3n) is 3.38. The number of hydrogen-bond acceptors (Lipinski definition) is 4. The van der Waals surface area contributed by atoms with Crippen LogP contribution in [0.1, 0.15) is 25.1 Å². The molecule has 5 heteroatoms. The van der Waals surface area contributed by atoms with Gasteiger partial charge in [-0.2, -0.15) is 0 Å². The number of carbonyl (C=O) groups is 1. The summed E-state index contributed by atoms with van der Waals surface area (Å²) < 4.78 is 2.07. The number of hydrogen-bond donors (Lipinski definition) is 0. The topological polar surface area (TPSA) is 51.0 Å². The van der Waals surface area contributed by atoms with Gasteiger partial charge in [0.2, 0.25) is 0 Å². The first-order valence-corrected chi connectivity index (χ1v) is 5.48. The Bertz CT molecular complexity index is 387. The third-order valence-corrected chi connectivity index (χ3v) is 3.38. The van der Waals surface area contributed by atoms with E-state index in [1.54, 1.807) is 6.33 Å². The Morgan fingerprint density at radius 2 is 2.33 bits per heavy atom. The highest BCUT2D eigenvalue weighted by atomic mass is 16.1. The second-order valence-electron chi connectivity index (χ2n) is 4.29. The van der Waals surface area contributed by atoms with Crippen LogP contribution in [0.2, 0.25) is 0 Å². The van der Waals surface area contributed by atoms with Gasteiger partial charge in [0, 0.05) is 19.5 Å². The van der Waals surface area contributed by atoms with E-state index in [0.717, 1.165) is 44.7 Å². The maximum absolute atomic E-state index is 11.6. The minimum absolute atomic E-state index is 0.149. The van der Waals surface area contributed by atoms with E-state index in [9.17, 15) is 4.79 Å². The van der Waals surface area contributed by atoms with Crippen LogP contribution in [0.3, 0.4) is 0 Å². The predicted octanol–water partition coefficient (Wildman–Crippen LogP) is 0.215. The molecule has 0 bridgehead atoms. The number of ketones is 1. The third kappa shape index (κ3) is 1.47. The van der Waals surface area contributed by atoms with Crippen molar-refractivity contribution in [2.45, 2.75) is 38.4 Å². The Morgan fingerprint density at radius 1 is 1.40 bits per heavy atom. The molecule has 1 aliphatic carbocycles. The number of Topliss-reactive ketones (excluding diaryl/α,β-unsaturated/α-hetero) is 1. The first-order chi connectivity index (χ1) is 7.34. The van der Waals surface area contributed by atoms with Crippen LogP contribution in [0.25, 0.3) is 0 Å². The Balaban J connectivity index is 1.78. The fourth-order valence-electron chi connectivity index (χ4n) is 2.53. The molecule has 1 aromatic rings. The molecule has 1 saturated carbocycles. The Hall–Kier alpha value is -1.23. The fraction of sp³-hybridized carbons (Fsp3) is 0.700. The summed E-state index contributed by atoms with van der Waals surface area (Å²) in [5, 5.41) is 7.95. The van der Waals surface area contributed by atoms with Gasteiger partial charge >= 0.3 is 0 Å². The maximum atomic E-state index is 11.6. The summed E-state index contributed by atoms with van der Waals surface area (Å²) in [6.07, 6.45) is 4.59. The standard InChI is InChI=1S/C10H14N4O/c15-9-3-1-2-8(9)13-4-5-14-7-11-12-10(14)6-13/h7-8H,1-6H2. The van der Waals surface area contributed by atoms with Crippen LogP contribution in [-0.2, 0) is 17.9 Å². The maximum Gasteiger partial charge on any atom is 0.149 e. The van der Waals surface area contributed by atoms with E-state index in [4.69, 9.17) is 0 Å². The summed E-state index contributed by atoms with van der Waals surface area (Å²) in [6, 6.07) is 0.149. The van der Waals surface area contributed by atoms with E-state index < -0.39 is 0 Å². The second kappa shape index (κ2) is 3.41. The smallest absolute Gasteiger partial charge is 0.149 e. The molecule has 0 amide bonds. The summed E-state index contributed by atoms with van der Waals surface area (Å²) >= 11 is 0. The molecule has 2 heterocycles. The molecule has 1 atom stereocenters. The molecule has 1 unspecified atom stereocenters. The Labute approximate surface area is 88.1 Å². The quantitative estimate of drug-likeness (QED) is 0.659. The van der Waals surface area contributed by atoms with Gasteiger partial charge in [-0.1, -0.05) is 0 Å². The van der Waals surface area contributed by atoms with Gasteiger partial charge in [0.25, 0.3) is 0 Å². The van der Waals surface area contributed by atoms with Crippen LogP contribution in [0.15, 0.2) is 6.33 Å². The monoisotopic (exact) mass is 206 g/mol. The summed E-state index contributed by atoms with van der Waals surface area (Å²) in [5.41, 5.74) is 0. The van der Waals surface area contributed by atoms with E-state index >= 15 is 0 Å². The molecule has 0 saturated heterocycles. The molecule has 5 nitrogen and oxygen atoms in total. The molecule has 0 N–H and O–H groups in total. The van der Waals surface area contributed by atoms with Crippen LogP contribution < -0.4 is 0 Å². The fourth-order valence-corrected chi connectivity index (χ4v) is 2.53. The number of aromatic nitrogens is 3. The van der Waals surface area contributed by atoms with Crippen molar-refractivity contribution in [2.75, 3.05) is 6.54 Å². The van der Waals surface area contributed by atoms with E-state index in [0.29, 0.717) is 5.78 Å². The average molecular weight is 206 g/mol. The number of rotatable bonds is 1. The van der Waals surface area contributed by atoms with E-state index in [1.807, 2.05) is 0 Å². The van der Waals surface area contributed by atoms with Gasteiger partial charge in [0.1, 0.15) is 17.9 Å². The van der Waals surface area contributed by atoms with Gasteiger partial charge in [0.05, 0.1) is 12.6 Å². The highest BCUT2D eigenvalue weighted by Gasteiger charge is 2.32. The van der Waals surface area contributed by atoms with E-state index in [-0.39, 0.29) is 6.04 Å². The minimum atomic E-state index is 0.149. The molecule has 0 radical (unpaired) electrons. The lowest BCUT2D eigenvalue weighted by Gasteiger charge is -2.31. The molecule has 0 aromatic carbocycles. The van der Waals surface area contributed by atoms with Crippen molar-refractivity contribution in [3.63, 3.8) is 0 Å². The van der Waals surface area contributed by atoms with Crippen molar-refractivity contribution in [3.05, 3.63) is 12.2 Å². The molecule has 1 fully saturated rings. The van der Waals surface area contributed by atoms with Crippen LogP contribution in [0.5, 0.6) is 0 Å². The van der Waals surface area contributed by atoms with Gasteiger partial charge in [0.15, 0.2) is 0 Å². The van der Waals surface area contributed by atoms with Crippen molar-refractivity contribution in [1.82, 2.24) is 19.7 Å². The zero-order valence-electron chi connectivity index (χ0n) is 8.59. The lowest BCUT2D eigenvalue weighted by Crippen LogP contribution is -2.43. The largest absolute Gasteiger partial charge is 0.315 e. The molecule has 80 valence electrons. The molecular formula is C10H14N4O. The molecule has 15 heavy (non-hydrogen) atoms. The molecule has 3 rings (SSSR count). The minimum Gasteiger partial charge on any atom is -0.315 e. The first kappa shape index (κ1) is 9.03. The van der Waals surface area contributed by atoms with Crippen LogP contribution in [-0.4, -0.2) is 38.0 Å². The van der Waals surface area contributed by atoms with E-state index in [1.165, 1.54) is 0 Å². The normalized spacial score (nSPS) is 26.9. The van der Waals surface area contributed by atoms with Crippen LogP contribution >= 0.6 is 0 Å². The van der Waals surface area contributed by atoms with Crippen molar-refractivity contribution in [3.8, 4) is 0 Å². The summed E-state index contributed by atoms with van der Waals surface area (Å²) in [6.45, 7) is 2.63. The van der Waals surface area contributed by atoms with Crippen LogP contribution in [0, 0.1) is 0 Å². The zero-order valence-corrected chi connectivity index (χ0v) is 8.59. The molecule has 2 aliphatic rings. The molecule has 1 aliphatic heterocycles. The first-order valence-electron chi connectivity index (χ1n) is 5.48. The summed E-state index contributed by atoms with van der Waals surface area (Å²) in [4.78, 5) is 13.9. The van der Waals surface area contributed by atoms with E-state index in [2.05, 4.69) is 19.7 Å². The van der Waals surface area contributed by atoms with Gasteiger partial charge in [-0.3, -0.25) is 9.69 Å². The van der Waals surface area contributed by atoms with Crippen LogP contribution in [0.4, 0.5) is 0 Å². The van der Waals surface area contributed by atoms with Gasteiger partial charge in [-0.15, -0.1) is 10.2 Å². The van der Waals surface area contributed by atoms with Gasteiger partial charge in [-0.25, -0.2) is 0 Å². The number of fused-ring (bicyclic) bond motifs is 1. The lowest BCUT2D eigenvalue weighted by atomic mass is 10.2. The molecular weight excluding hydrogens is 192 g/mol. The summed E-state index contributed by atoms with van der Waals surface area (Å²) in [5.74, 6) is 1.39.